The quantitative estimate of drug-likeness (QED) is 0.456. The Balaban J connectivity index is 1.66. The number of rotatable bonds is 5. The second kappa shape index (κ2) is 7.13. The van der Waals surface area contributed by atoms with Crippen molar-refractivity contribution in [1.29, 1.82) is 0 Å². The Kier molecular flexibility index (Phi) is 4.40. The molecule has 0 fully saturated rings. The first-order valence-electron chi connectivity index (χ1n) is 9.33. The van der Waals surface area contributed by atoms with Gasteiger partial charge in [-0.15, -0.1) is 0 Å². The van der Waals surface area contributed by atoms with Crippen molar-refractivity contribution < 1.29 is 28.3 Å². The number of aryl methyl sites for hydroxylation is 1. The number of furan rings is 2. The summed E-state index contributed by atoms with van der Waals surface area (Å²) < 4.78 is 17.0. The van der Waals surface area contributed by atoms with Crippen molar-refractivity contribution in [1.82, 2.24) is 4.98 Å². The number of hydrogen-bond acceptors (Lipinski definition) is 8. The number of ether oxygens (including phenoxy) is 1. The molecule has 156 valence electrons. The van der Waals surface area contributed by atoms with Crippen LogP contribution in [-0.4, -0.2) is 28.9 Å². The maximum atomic E-state index is 13.1. The fourth-order valence-electron chi connectivity index (χ4n) is 3.57. The van der Waals surface area contributed by atoms with Crippen LogP contribution in [0.4, 0.5) is 5.13 Å². The number of benzene rings is 1. The molecule has 1 aliphatic heterocycles. The SMILES string of the molecule is COc1ccc2nc(N3C(=O)C(O)=C(C(=O)c4ccco4)[C@@H]3c3ccc(C)o3)sc2c1. The number of methoxy groups -OCH3 is 1. The van der Waals surface area contributed by atoms with Crippen molar-refractivity contribution in [3.05, 3.63) is 77.3 Å². The Labute approximate surface area is 180 Å². The summed E-state index contributed by atoms with van der Waals surface area (Å²) in [4.78, 5) is 32.1. The van der Waals surface area contributed by atoms with Crippen LogP contribution in [0.15, 0.2) is 68.9 Å². The Hall–Kier alpha value is -3.85. The molecule has 0 spiro atoms. The van der Waals surface area contributed by atoms with Crippen molar-refractivity contribution in [2.45, 2.75) is 13.0 Å². The molecule has 5 rings (SSSR count). The molecule has 1 amide bonds. The lowest BCUT2D eigenvalue weighted by Gasteiger charge is -2.21. The molecule has 0 saturated carbocycles. The van der Waals surface area contributed by atoms with Crippen LogP contribution < -0.4 is 9.64 Å². The molecule has 4 aromatic rings. The third kappa shape index (κ3) is 3.01. The number of ketones is 1. The number of carbonyl (C=O) groups is 2. The van der Waals surface area contributed by atoms with Crippen molar-refractivity contribution in [2.24, 2.45) is 0 Å². The third-order valence-electron chi connectivity index (χ3n) is 5.02. The second-order valence-electron chi connectivity index (χ2n) is 6.92. The number of hydrogen-bond donors (Lipinski definition) is 1. The van der Waals surface area contributed by atoms with Gasteiger partial charge in [0.15, 0.2) is 16.7 Å². The number of aliphatic hydroxyl groups is 1. The van der Waals surface area contributed by atoms with Crippen LogP contribution in [0.3, 0.4) is 0 Å². The lowest BCUT2D eigenvalue weighted by atomic mass is 10.00. The van der Waals surface area contributed by atoms with Crippen LogP contribution in [-0.2, 0) is 4.79 Å². The minimum absolute atomic E-state index is 0.0125. The minimum atomic E-state index is -0.985. The van der Waals surface area contributed by atoms with Gasteiger partial charge in [0, 0.05) is 0 Å². The topological polar surface area (TPSA) is 106 Å². The Morgan fingerprint density at radius 2 is 2.10 bits per heavy atom. The van der Waals surface area contributed by atoms with E-state index in [1.54, 1.807) is 44.4 Å². The number of amides is 1. The van der Waals surface area contributed by atoms with Gasteiger partial charge in [-0.2, -0.15) is 0 Å². The molecule has 9 heteroatoms. The first-order valence-corrected chi connectivity index (χ1v) is 10.2. The number of aromatic nitrogens is 1. The molecule has 0 bridgehead atoms. The molecule has 1 aliphatic rings. The lowest BCUT2D eigenvalue weighted by molar-refractivity contribution is -0.117. The van der Waals surface area contributed by atoms with Crippen molar-refractivity contribution in [3.8, 4) is 5.75 Å². The summed E-state index contributed by atoms with van der Waals surface area (Å²) in [5.74, 6) is -0.381. The van der Waals surface area contributed by atoms with Crippen LogP contribution >= 0.6 is 11.3 Å². The highest BCUT2D eigenvalue weighted by atomic mass is 32.1. The zero-order valence-electron chi connectivity index (χ0n) is 16.5. The second-order valence-corrected chi connectivity index (χ2v) is 7.93. The van der Waals surface area contributed by atoms with Crippen LogP contribution in [0.2, 0.25) is 0 Å². The summed E-state index contributed by atoms with van der Waals surface area (Å²) >= 11 is 1.25. The molecular formula is C22H16N2O6S. The average molecular weight is 436 g/mol. The largest absolute Gasteiger partial charge is 0.503 e. The van der Waals surface area contributed by atoms with E-state index in [4.69, 9.17) is 13.6 Å². The Bertz CT molecular complexity index is 1350. The average Bonchev–Trinajstić information content (AvgIpc) is 3.54. The summed E-state index contributed by atoms with van der Waals surface area (Å²) in [7, 11) is 1.57. The van der Waals surface area contributed by atoms with Gasteiger partial charge in [-0.25, -0.2) is 4.98 Å². The minimum Gasteiger partial charge on any atom is -0.503 e. The molecule has 0 aliphatic carbocycles. The van der Waals surface area contributed by atoms with Gasteiger partial charge in [0.05, 0.1) is 29.2 Å². The van der Waals surface area contributed by atoms with E-state index >= 15 is 0 Å². The van der Waals surface area contributed by atoms with E-state index in [9.17, 15) is 14.7 Å². The smallest absolute Gasteiger partial charge is 0.296 e. The van der Waals surface area contributed by atoms with Crippen LogP contribution in [0.25, 0.3) is 10.2 Å². The maximum Gasteiger partial charge on any atom is 0.296 e. The van der Waals surface area contributed by atoms with Crippen molar-refractivity contribution in [2.75, 3.05) is 12.0 Å². The number of nitrogens with zero attached hydrogens (tertiary/aromatic N) is 2. The van der Waals surface area contributed by atoms with Gasteiger partial charge in [0.2, 0.25) is 5.78 Å². The van der Waals surface area contributed by atoms with E-state index < -0.39 is 23.5 Å². The summed E-state index contributed by atoms with van der Waals surface area (Å²) in [6, 6.07) is 10.8. The summed E-state index contributed by atoms with van der Waals surface area (Å²) in [5, 5.41) is 11.0. The zero-order chi connectivity index (χ0) is 21.7. The first-order chi connectivity index (χ1) is 15.0. The third-order valence-corrected chi connectivity index (χ3v) is 6.04. The lowest BCUT2D eigenvalue weighted by Crippen LogP contribution is -2.30. The predicted octanol–water partition coefficient (Wildman–Crippen LogP) is 4.58. The van der Waals surface area contributed by atoms with Gasteiger partial charge in [0.25, 0.3) is 5.91 Å². The molecular weight excluding hydrogens is 420 g/mol. The van der Waals surface area contributed by atoms with E-state index in [-0.39, 0.29) is 11.3 Å². The Morgan fingerprint density at radius 1 is 1.26 bits per heavy atom. The van der Waals surface area contributed by atoms with E-state index in [1.807, 2.05) is 6.07 Å². The number of Topliss-reactive ketones (excluding diaryl/α,β-unsaturated/α-hetero) is 1. The van der Waals surface area contributed by atoms with Crippen molar-refractivity contribution >= 4 is 38.4 Å². The van der Waals surface area contributed by atoms with Gasteiger partial charge in [-0.3, -0.25) is 14.5 Å². The first kappa shape index (κ1) is 19.1. The summed E-state index contributed by atoms with van der Waals surface area (Å²) in [5.41, 5.74) is 0.541. The monoisotopic (exact) mass is 436 g/mol. The molecule has 1 aromatic carbocycles. The van der Waals surface area contributed by atoms with Gasteiger partial charge in [-0.1, -0.05) is 11.3 Å². The molecule has 8 nitrogen and oxygen atoms in total. The fraction of sp³-hybridized carbons (Fsp3) is 0.136. The van der Waals surface area contributed by atoms with Gasteiger partial charge < -0.3 is 18.7 Å². The standard InChI is InChI=1S/C22H16N2O6S/c1-11-5-8-14(30-11)18-17(19(25)15-4-3-9-29-15)20(26)21(27)24(18)22-23-13-7-6-12(28-2)10-16(13)31-22/h3-10,18,26H,1-2H3/t18-/m0/s1. The highest BCUT2D eigenvalue weighted by Crippen LogP contribution is 2.44. The highest BCUT2D eigenvalue weighted by Gasteiger charge is 2.48. The predicted molar refractivity (Wildman–Crippen MR) is 113 cm³/mol. The number of thiazole rings is 1. The maximum absolute atomic E-state index is 13.1. The van der Waals surface area contributed by atoms with Gasteiger partial charge >= 0.3 is 0 Å². The zero-order valence-corrected chi connectivity index (χ0v) is 17.3. The van der Waals surface area contributed by atoms with Crippen LogP contribution in [0, 0.1) is 6.92 Å². The normalized spacial score (nSPS) is 16.5. The van der Waals surface area contributed by atoms with Gasteiger partial charge in [-0.05, 0) is 49.4 Å². The van der Waals surface area contributed by atoms with Crippen LogP contribution in [0.1, 0.15) is 28.1 Å². The summed E-state index contributed by atoms with van der Waals surface area (Å²) in [6.07, 6.45) is 1.35. The number of aliphatic hydroxyl groups excluding tert-OH is 1. The van der Waals surface area contributed by atoms with E-state index in [1.165, 1.54) is 28.6 Å². The molecule has 1 atom stereocenters. The molecule has 0 radical (unpaired) electrons. The van der Waals surface area contributed by atoms with E-state index in [2.05, 4.69) is 4.98 Å². The molecule has 31 heavy (non-hydrogen) atoms. The number of anilines is 1. The van der Waals surface area contributed by atoms with E-state index in [0.717, 1.165) is 4.70 Å². The molecule has 3 aromatic heterocycles. The molecule has 1 N–H and O–H groups in total. The highest BCUT2D eigenvalue weighted by molar-refractivity contribution is 7.22. The Morgan fingerprint density at radius 3 is 2.77 bits per heavy atom. The van der Waals surface area contributed by atoms with Crippen LogP contribution in [0.5, 0.6) is 5.75 Å². The summed E-state index contributed by atoms with van der Waals surface area (Å²) in [6.45, 7) is 1.76. The molecule has 0 unspecified atom stereocenters. The molecule has 4 heterocycles. The fourth-order valence-corrected chi connectivity index (χ4v) is 4.59. The number of carbonyl (C=O) groups excluding carboxylic acids is 2. The van der Waals surface area contributed by atoms with E-state index in [0.29, 0.717) is 27.9 Å². The van der Waals surface area contributed by atoms with Crippen molar-refractivity contribution in [3.63, 3.8) is 0 Å². The molecule has 0 saturated heterocycles. The number of fused-ring (bicyclic) bond motifs is 1. The van der Waals surface area contributed by atoms with Gasteiger partial charge in [0.1, 0.15) is 23.3 Å².